The van der Waals surface area contributed by atoms with Crippen molar-refractivity contribution in [3.63, 3.8) is 0 Å². The molecule has 2 N–H and O–H groups in total. The van der Waals surface area contributed by atoms with Gasteiger partial charge < -0.3 is 14.6 Å². The normalized spacial score (nSPS) is 10.9. The molecule has 0 aliphatic rings. The van der Waals surface area contributed by atoms with Gasteiger partial charge in [-0.25, -0.2) is 0 Å². The Morgan fingerprint density at radius 3 is 2.43 bits per heavy atom. The lowest BCUT2D eigenvalue weighted by Gasteiger charge is -2.06. The van der Waals surface area contributed by atoms with E-state index in [0.29, 0.717) is 16.9 Å². The molecule has 3 aromatic rings. The molecule has 1 aromatic heterocycles. The standard InChI is InChI=1S/C17H14O4/c1-2-10-7-13(19)17-14(20)9-15(21-16(17)8-10)11-3-5-12(18)6-4-11/h3-9,18-19H,2H2,1H3. The maximum Gasteiger partial charge on any atom is 0.197 e. The maximum atomic E-state index is 12.2. The van der Waals surface area contributed by atoms with Gasteiger partial charge in [0.25, 0.3) is 0 Å². The molecule has 106 valence electrons. The molecule has 0 saturated heterocycles. The van der Waals surface area contributed by atoms with Crippen LogP contribution < -0.4 is 5.43 Å². The number of fused-ring (bicyclic) bond motifs is 1. The van der Waals surface area contributed by atoms with E-state index < -0.39 is 0 Å². The zero-order chi connectivity index (χ0) is 15.0. The molecule has 21 heavy (non-hydrogen) atoms. The van der Waals surface area contributed by atoms with Crippen LogP contribution in [0.1, 0.15) is 12.5 Å². The van der Waals surface area contributed by atoms with Crippen molar-refractivity contribution in [2.24, 2.45) is 0 Å². The highest BCUT2D eigenvalue weighted by Gasteiger charge is 2.11. The summed E-state index contributed by atoms with van der Waals surface area (Å²) in [6.07, 6.45) is 0.733. The van der Waals surface area contributed by atoms with Gasteiger partial charge in [-0.3, -0.25) is 4.79 Å². The van der Waals surface area contributed by atoms with Crippen molar-refractivity contribution in [3.05, 3.63) is 58.3 Å². The van der Waals surface area contributed by atoms with Crippen LogP contribution in [0.2, 0.25) is 0 Å². The number of hydrogen-bond acceptors (Lipinski definition) is 4. The minimum absolute atomic E-state index is 0.0599. The fourth-order valence-electron chi connectivity index (χ4n) is 2.30. The molecular formula is C17H14O4. The van der Waals surface area contributed by atoms with Crippen LogP contribution in [0.5, 0.6) is 11.5 Å². The summed E-state index contributed by atoms with van der Waals surface area (Å²) in [5, 5.41) is 19.5. The lowest BCUT2D eigenvalue weighted by Crippen LogP contribution is -2.01. The number of phenols is 2. The number of benzene rings is 2. The average molecular weight is 282 g/mol. The lowest BCUT2D eigenvalue weighted by molar-refractivity contribution is 0.475. The summed E-state index contributed by atoms with van der Waals surface area (Å²) in [7, 11) is 0. The monoisotopic (exact) mass is 282 g/mol. The Labute approximate surface area is 120 Å². The fraction of sp³-hybridized carbons (Fsp3) is 0.118. The van der Waals surface area contributed by atoms with Gasteiger partial charge >= 0.3 is 0 Å². The van der Waals surface area contributed by atoms with Crippen LogP contribution in [0.15, 0.2) is 51.7 Å². The van der Waals surface area contributed by atoms with Crippen LogP contribution in [-0.2, 0) is 6.42 Å². The van der Waals surface area contributed by atoms with Crippen molar-refractivity contribution < 1.29 is 14.6 Å². The van der Waals surface area contributed by atoms with Gasteiger partial charge in [-0.1, -0.05) is 6.92 Å². The summed E-state index contributed by atoms with van der Waals surface area (Å²) in [4.78, 5) is 12.2. The molecule has 4 nitrogen and oxygen atoms in total. The largest absolute Gasteiger partial charge is 0.508 e. The van der Waals surface area contributed by atoms with Crippen molar-refractivity contribution in [3.8, 4) is 22.8 Å². The average Bonchev–Trinajstić information content (AvgIpc) is 2.46. The van der Waals surface area contributed by atoms with Gasteiger partial charge in [-0.15, -0.1) is 0 Å². The second-order valence-electron chi connectivity index (χ2n) is 4.86. The minimum atomic E-state index is -0.292. The molecule has 0 unspecified atom stereocenters. The molecule has 0 amide bonds. The van der Waals surface area contributed by atoms with Crippen LogP contribution in [-0.4, -0.2) is 10.2 Å². The highest BCUT2D eigenvalue weighted by molar-refractivity contribution is 5.85. The quantitative estimate of drug-likeness (QED) is 0.755. The Morgan fingerprint density at radius 2 is 1.76 bits per heavy atom. The summed E-state index contributed by atoms with van der Waals surface area (Å²) in [5.41, 5.74) is 1.65. The van der Waals surface area contributed by atoms with Gasteiger partial charge in [0, 0.05) is 11.6 Å². The summed E-state index contributed by atoms with van der Waals surface area (Å²) in [6.45, 7) is 1.96. The maximum absolute atomic E-state index is 12.2. The smallest absolute Gasteiger partial charge is 0.197 e. The van der Waals surface area contributed by atoms with Gasteiger partial charge in [0.05, 0.1) is 0 Å². The molecule has 2 aromatic carbocycles. The van der Waals surface area contributed by atoms with Gasteiger partial charge in [0.1, 0.15) is 28.2 Å². The third-order valence-electron chi connectivity index (χ3n) is 3.43. The second-order valence-corrected chi connectivity index (χ2v) is 4.86. The minimum Gasteiger partial charge on any atom is -0.508 e. The van der Waals surface area contributed by atoms with Crippen molar-refractivity contribution in [2.45, 2.75) is 13.3 Å². The number of aromatic hydroxyl groups is 2. The lowest BCUT2D eigenvalue weighted by atomic mass is 10.1. The molecule has 4 heteroatoms. The highest BCUT2D eigenvalue weighted by atomic mass is 16.3. The van der Waals surface area contributed by atoms with Gasteiger partial charge in [0.15, 0.2) is 5.43 Å². The van der Waals surface area contributed by atoms with Crippen molar-refractivity contribution >= 4 is 11.0 Å². The number of rotatable bonds is 2. The summed E-state index contributed by atoms with van der Waals surface area (Å²) < 4.78 is 5.75. The van der Waals surface area contributed by atoms with Gasteiger partial charge in [0.2, 0.25) is 0 Å². The predicted molar refractivity (Wildman–Crippen MR) is 80.6 cm³/mol. The zero-order valence-corrected chi connectivity index (χ0v) is 11.5. The predicted octanol–water partition coefficient (Wildman–Crippen LogP) is 3.43. The zero-order valence-electron chi connectivity index (χ0n) is 11.5. The fourth-order valence-corrected chi connectivity index (χ4v) is 2.30. The van der Waals surface area contributed by atoms with Crippen molar-refractivity contribution in [1.29, 1.82) is 0 Å². The summed E-state index contributed by atoms with van der Waals surface area (Å²) in [5.74, 6) is 0.489. The Bertz CT molecular complexity index is 860. The van der Waals surface area contributed by atoms with E-state index in [2.05, 4.69) is 0 Å². The summed E-state index contributed by atoms with van der Waals surface area (Å²) >= 11 is 0. The first-order chi connectivity index (χ1) is 10.1. The van der Waals surface area contributed by atoms with Crippen LogP contribution in [0.4, 0.5) is 0 Å². The SMILES string of the molecule is CCc1cc(O)c2c(=O)cc(-c3ccc(O)cc3)oc2c1. The van der Waals surface area contributed by atoms with Crippen LogP contribution in [0, 0.1) is 0 Å². The Balaban J connectivity index is 2.27. The number of hydrogen-bond donors (Lipinski definition) is 2. The van der Waals surface area contributed by atoms with Gasteiger partial charge in [-0.05, 0) is 48.4 Å². The molecular weight excluding hydrogens is 268 g/mol. The molecule has 0 spiro atoms. The van der Waals surface area contributed by atoms with E-state index in [4.69, 9.17) is 4.42 Å². The molecule has 0 fully saturated rings. The van der Waals surface area contributed by atoms with E-state index in [0.717, 1.165) is 12.0 Å². The summed E-state index contributed by atoms with van der Waals surface area (Å²) in [6, 6.07) is 11.1. The van der Waals surface area contributed by atoms with E-state index in [1.54, 1.807) is 24.3 Å². The molecule has 0 atom stereocenters. The Kier molecular flexibility index (Phi) is 3.14. The molecule has 0 aliphatic heterocycles. The Morgan fingerprint density at radius 1 is 1.05 bits per heavy atom. The van der Waals surface area contributed by atoms with E-state index >= 15 is 0 Å². The number of phenolic OH excluding ortho intramolecular Hbond substituents is 2. The topological polar surface area (TPSA) is 70.7 Å². The molecule has 0 bridgehead atoms. The first-order valence-corrected chi connectivity index (χ1v) is 6.67. The van der Waals surface area contributed by atoms with E-state index in [9.17, 15) is 15.0 Å². The van der Waals surface area contributed by atoms with E-state index in [1.807, 2.05) is 6.92 Å². The first kappa shape index (κ1) is 13.2. The van der Waals surface area contributed by atoms with E-state index in [1.165, 1.54) is 18.2 Å². The first-order valence-electron chi connectivity index (χ1n) is 6.67. The molecule has 3 rings (SSSR count). The van der Waals surface area contributed by atoms with Gasteiger partial charge in [-0.2, -0.15) is 0 Å². The third-order valence-corrected chi connectivity index (χ3v) is 3.43. The van der Waals surface area contributed by atoms with Crippen LogP contribution in [0.25, 0.3) is 22.3 Å². The van der Waals surface area contributed by atoms with Crippen LogP contribution >= 0.6 is 0 Å². The molecule has 0 radical (unpaired) electrons. The highest BCUT2D eigenvalue weighted by Crippen LogP contribution is 2.28. The molecule has 0 saturated carbocycles. The van der Waals surface area contributed by atoms with E-state index in [-0.39, 0.29) is 22.3 Å². The molecule has 0 aliphatic carbocycles. The second kappa shape index (κ2) is 4.98. The van der Waals surface area contributed by atoms with Crippen molar-refractivity contribution in [1.82, 2.24) is 0 Å². The third kappa shape index (κ3) is 2.36. The Hall–Kier alpha value is -2.75. The van der Waals surface area contributed by atoms with Crippen LogP contribution in [0.3, 0.4) is 0 Å². The number of aryl methyl sites for hydroxylation is 1. The van der Waals surface area contributed by atoms with Crippen molar-refractivity contribution in [2.75, 3.05) is 0 Å². The molecule has 1 heterocycles.